The molecule has 0 radical (unpaired) electrons. The minimum atomic E-state index is -0.425. The summed E-state index contributed by atoms with van der Waals surface area (Å²) in [4.78, 5) is 39.7. The second-order valence-corrected chi connectivity index (χ2v) is 10.2. The Morgan fingerprint density at radius 1 is 1.18 bits per heavy atom. The van der Waals surface area contributed by atoms with E-state index in [1.54, 1.807) is 9.47 Å². The Balaban J connectivity index is 1.65. The maximum absolute atomic E-state index is 13.9. The molecule has 0 saturated carbocycles. The molecule has 1 amide bonds. The van der Waals surface area contributed by atoms with Crippen molar-refractivity contribution in [2.24, 2.45) is 0 Å². The van der Waals surface area contributed by atoms with Gasteiger partial charge < -0.3 is 14.5 Å². The SMILES string of the molecule is C=CC(=O)N1CCN(c2nc(=O)n3c4nc(c(Cl)cc24)-c2ccccc2OCc2cccc(CC)c2-3)[C@@H](C)C1. The van der Waals surface area contributed by atoms with E-state index in [4.69, 9.17) is 21.3 Å². The van der Waals surface area contributed by atoms with Crippen molar-refractivity contribution in [2.75, 3.05) is 24.5 Å². The third-order valence-corrected chi connectivity index (χ3v) is 7.81. The highest BCUT2D eigenvalue weighted by molar-refractivity contribution is 6.34. The molecular weight excluding hydrogens is 514 g/mol. The number of halogens is 1. The molecule has 198 valence electrons. The Morgan fingerprint density at radius 2 is 2.00 bits per heavy atom. The summed E-state index contributed by atoms with van der Waals surface area (Å²) in [5.41, 5.74) is 3.95. The molecular formula is C30H28ClN5O3. The zero-order valence-corrected chi connectivity index (χ0v) is 22.6. The van der Waals surface area contributed by atoms with Crippen molar-refractivity contribution in [3.05, 3.63) is 87.8 Å². The van der Waals surface area contributed by atoms with Gasteiger partial charge in [-0.05, 0) is 43.2 Å². The number of aryl methyl sites for hydroxylation is 1. The number of pyridine rings is 1. The summed E-state index contributed by atoms with van der Waals surface area (Å²) in [6.45, 7) is 9.45. The van der Waals surface area contributed by atoms with Crippen LogP contribution in [-0.4, -0.2) is 51.0 Å². The number of hydrogen-bond acceptors (Lipinski definition) is 6. The predicted molar refractivity (Wildman–Crippen MR) is 153 cm³/mol. The molecule has 0 aliphatic carbocycles. The number of para-hydroxylation sites is 2. The van der Waals surface area contributed by atoms with Crippen LogP contribution in [0.25, 0.3) is 28.0 Å². The van der Waals surface area contributed by atoms with Gasteiger partial charge in [0.05, 0.1) is 21.8 Å². The number of carbonyl (C=O) groups is 1. The van der Waals surface area contributed by atoms with Gasteiger partial charge in [0.2, 0.25) is 5.91 Å². The summed E-state index contributed by atoms with van der Waals surface area (Å²) in [5, 5.41) is 1.11. The fourth-order valence-corrected chi connectivity index (χ4v) is 5.85. The highest BCUT2D eigenvalue weighted by Gasteiger charge is 2.30. The van der Waals surface area contributed by atoms with Gasteiger partial charge in [-0.3, -0.25) is 4.79 Å². The second-order valence-electron chi connectivity index (χ2n) is 9.84. The molecule has 2 aromatic carbocycles. The number of nitrogens with zero attached hydrogens (tertiary/aromatic N) is 5. The number of carbonyl (C=O) groups excluding carboxylic acids is 1. The summed E-state index contributed by atoms with van der Waals surface area (Å²) in [5.74, 6) is 1.08. The first-order chi connectivity index (χ1) is 18.9. The molecule has 2 aliphatic heterocycles. The highest BCUT2D eigenvalue weighted by atomic mass is 35.5. The largest absolute Gasteiger partial charge is 0.488 e. The van der Waals surface area contributed by atoms with E-state index in [0.717, 1.165) is 22.4 Å². The monoisotopic (exact) mass is 541 g/mol. The molecule has 2 aromatic heterocycles. The van der Waals surface area contributed by atoms with Crippen molar-refractivity contribution in [3.63, 3.8) is 0 Å². The fourth-order valence-electron chi connectivity index (χ4n) is 5.59. The minimum absolute atomic E-state index is 0.0847. The number of anilines is 1. The van der Waals surface area contributed by atoms with Crippen molar-refractivity contribution in [2.45, 2.75) is 32.9 Å². The van der Waals surface area contributed by atoms with E-state index in [0.29, 0.717) is 59.4 Å². The summed E-state index contributed by atoms with van der Waals surface area (Å²) in [6.07, 6.45) is 2.04. The van der Waals surface area contributed by atoms with Crippen LogP contribution in [0.2, 0.25) is 5.02 Å². The van der Waals surface area contributed by atoms with E-state index in [-0.39, 0.29) is 18.6 Å². The zero-order valence-electron chi connectivity index (χ0n) is 21.9. The minimum Gasteiger partial charge on any atom is -0.488 e. The van der Waals surface area contributed by atoms with Crippen LogP contribution in [0.4, 0.5) is 5.82 Å². The van der Waals surface area contributed by atoms with Crippen LogP contribution in [0.1, 0.15) is 25.0 Å². The lowest BCUT2D eigenvalue weighted by Gasteiger charge is -2.40. The summed E-state index contributed by atoms with van der Waals surface area (Å²) >= 11 is 6.89. The number of hydrogen-bond donors (Lipinski definition) is 0. The molecule has 4 heterocycles. The number of benzene rings is 2. The van der Waals surface area contributed by atoms with Gasteiger partial charge in [0, 0.05) is 36.8 Å². The van der Waals surface area contributed by atoms with Crippen LogP contribution in [0.15, 0.2) is 66.0 Å². The van der Waals surface area contributed by atoms with Gasteiger partial charge in [0.25, 0.3) is 0 Å². The molecule has 8 nitrogen and oxygen atoms in total. The van der Waals surface area contributed by atoms with E-state index in [2.05, 4.69) is 23.4 Å². The quantitative estimate of drug-likeness (QED) is 0.347. The predicted octanol–water partition coefficient (Wildman–Crippen LogP) is 4.78. The second kappa shape index (κ2) is 9.85. The van der Waals surface area contributed by atoms with Gasteiger partial charge in [-0.2, -0.15) is 4.98 Å². The number of piperazine rings is 1. The Hall–Kier alpha value is -4.17. The van der Waals surface area contributed by atoms with Crippen LogP contribution in [0.5, 0.6) is 5.75 Å². The average molecular weight is 542 g/mol. The molecule has 9 heteroatoms. The van der Waals surface area contributed by atoms with Crippen molar-refractivity contribution in [1.82, 2.24) is 19.4 Å². The molecule has 0 unspecified atom stereocenters. The molecule has 1 fully saturated rings. The first kappa shape index (κ1) is 25.1. The Labute approximate surface area is 231 Å². The van der Waals surface area contributed by atoms with E-state index in [1.807, 2.05) is 55.5 Å². The lowest BCUT2D eigenvalue weighted by atomic mass is 10.0. The van der Waals surface area contributed by atoms with Gasteiger partial charge >= 0.3 is 5.69 Å². The fraction of sp³-hybridized carbons (Fsp3) is 0.267. The lowest BCUT2D eigenvalue weighted by Crippen LogP contribution is -2.54. The van der Waals surface area contributed by atoms with Crippen molar-refractivity contribution >= 4 is 34.4 Å². The van der Waals surface area contributed by atoms with E-state index in [1.165, 1.54) is 6.08 Å². The Kier molecular flexibility index (Phi) is 6.35. The van der Waals surface area contributed by atoms with Gasteiger partial charge in [-0.1, -0.05) is 55.4 Å². The van der Waals surface area contributed by atoms with Gasteiger partial charge in [-0.15, -0.1) is 0 Å². The number of fused-ring (bicyclic) bond motifs is 5. The molecule has 0 N–H and O–H groups in total. The first-order valence-corrected chi connectivity index (χ1v) is 13.4. The maximum atomic E-state index is 13.9. The smallest absolute Gasteiger partial charge is 0.355 e. The third-order valence-electron chi connectivity index (χ3n) is 7.52. The van der Waals surface area contributed by atoms with E-state index >= 15 is 0 Å². The summed E-state index contributed by atoms with van der Waals surface area (Å²) in [7, 11) is 0. The molecule has 4 aromatic rings. The van der Waals surface area contributed by atoms with Crippen molar-refractivity contribution < 1.29 is 9.53 Å². The standard InChI is InChI=1S/C30H28ClN5O3/c1-4-19-9-8-10-20-17-39-24-12-7-6-11-21(24)26-23(31)15-22-28(33-30(38)36(27(19)20)29(22)32-26)35-14-13-34(16-18(35)3)25(37)5-2/h5-12,15,18H,2,4,13-14,16-17H2,1,3H3/t18-/m0/s1. The Morgan fingerprint density at radius 3 is 2.77 bits per heavy atom. The molecule has 39 heavy (non-hydrogen) atoms. The molecule has 2 aliphatic rings. The molecule has 2 bridgehead atoms. The van der Waals surface area contributed by atoms with Crippen LogP contribution in [0.3, 0.4) is 0 Å². The number of amides is 1. The highest BCUT2D eigenvalue weighted by Crippen LogP contribution is 2.39. The van der Waals surface area contributed by atoms with E-state index < -0.39 is 5.69 Å². The van der Waals surface area contributed by atoms with Crippen LogP contribution < -0.4 is 15.3 Å². The van der Waals surface area contributed by atoms with Crippen molar-refractivity contribution in [1.29, 1.82) is 0 Å². The first-order valence-electron chi connectivity index (χ1n) is 13.1. The average Bonchev–Trinajstić information content (AvgIpc) is 2.95. The topological polar surface area (TPSA) is 80.6 Å². The molecule has 1 atom stereocenters. The van der Waals surface area contributed by atoms with Gasteiger partial charge in [0.1, 0.15) is 18.2 Å². The summed E-state index contributed by atoms with van der Waals surface area (Å²) < 4.78 is 7.87. The lowest BCUT2D eigenvalue weighted by molar-refractivity contribution is -0.126. The van der Waals surface area contributed by atoms with Crippen LogP contribution in [0, 0.1) is 0 Å². The molecule has 0 spiro atoms. The number of ether oxygens (including phenoxy) is 1. The van der Waals surface area contributed by atoms with Gasteiger partial charge in [0.15, 0.2) is 5.65 Å². The molecule has 6 rings (SSSR count). The van der Waals surface area contributed by atoms with E-state index in [9.17, 15) is 9.59 Å². The number of rotatable bonds is 3. The van der Waals surface area contributed by atoms with Crippen LogP contribution in [-0.2, 0) is 17.8 Å². The third kappa shape index (κ3) is 4.15. The maximum Gasteiger partial charge on any atom is 0.355 e. The normalized spacial score (nSPS) is 16.4. The zero-order chi connectivity index (χ0) is 27.3. The Bertz CT molecular complexity index is 1700. The molecule has 1 saturated heterocycles. The van der Waals surface area contributed by atoms with Crippen molar-refractivity contribution in [3.8, 4) is 22.7 Å². The van der Waals surface area contributed by atoms with Crippen LogP contribution >= 0.6 is 11.6 Å². The summed E-state index contributed by atoms with van der Waals surface area (Å²) in [6, 6.07) is 15.4. The number of aromatic nitrogens is 3. The van der Waals surface area contributed by atoms with Gasteiger partial charge in [-0.25, -0.2) is 14.3 Å².